The van der Waals surface area contributed by atoms with Gasteiger partial charge >= 0.3 is 0 Å². The Morgan fingerprint density at radius 3 is 2.74 bits per heavy atom. The fraction of sp³-hybridized carbons (Fsp3) is 0.312. The Balaban J connectivity index is 2.15. The summed E-state index contributed by atoms with van der Waals surface area (Å²) in [6.45, 7) is 3.41. The molecule has 1 amide bonds. The number of hydrogen-bond donors (Lipinski definition) is 1. The topological polar surface area (TPSA) is 82.3 Å². The Morgan fingerprint density at radius 2 is 2.13 bits per heavy atom. The minimum absolute atomic E-state index is 0.0211. The number of carbonyl (C=O) groups is 2. The van der Waals surface area contributed by atoms with Crippen LogP contribution in [0.3, 0.4) is 0 Å². The molecule has 2 N–H and O–H groups in total. The Labute approximate surface area is 143 Å². The first-order valence-corrected chi connectivity index (χ1v) is 8.76. The summed E-state index contributed by atoms with van der Waals surface area (Å²) in [4.78, 5) is 27.9. The van der Waals surface area contributed by atoms with Crippen molar-refractivity contribution in [1.29, 1.82) is 0 Å². The van der Waals surface area contributed by atoms with Gasteiger partial charge in [-0.05, 0) is 32.0 Å². The van der Waals surface area contributed by atoms with Gasteiger partial charge in [0, 0.05) is 21.8 Å². The zero-order chi connectivity index (χ0) is 17.0. The summed E-state index contributed by atoms with van der Waals surface area (Å²) in [5, 5.41) is 0. The van der Waals surface area contributed by atoms with Gasteiger partial charge in [-0.1, -0.05) is 11.8 Å². The Kier molecular flexibility index (Phi) is 5.79. The van der Waals surface area contributed by atoms with E-state index in [0.717, 1.165) is 26.2 Å². The molecule has 0 fully saturated rings. The van der Waals surface area contributed by atoms with Crippen molar-refractivity contribution in [2.45, 2.75) is 30.4 Å². The van der Waals surface area contributed by atoms with Crippen LogP contribution >= 0.6 is 23.1 Å². The third-order valence-corrected chi connectivity index (χ3v) is 5.60. The smallest absolute Gasteiger partial charge is 0.222 e. The number of hydrogen-bond acceptors (Lipinski definition) is 6. The predicted molar refractivity (Wildman–Crippen MR) is 92.3 cm³/mol. The second-order valence-electron chi connectivity index (χ2n) is 5.00. The third-order valence-electron chi connectivity index (χ3n) is 3.25. The van der Waals surface area contributed by atoms with Crippen LogP contribution in [0.5, 0.6) is 5.75 Å². The van der Waals surface area contributed by atoms with Crippen LogP contribution in [0, 0.1) is 6.92 Å². The Bertz CT molecular complexity index is 741. The summed E-state index contributed by atoms with van der Waals surface area (Å²) < 4.78 is 6.22. The molecule has 0 radical (unpaired) electrons. The van der Waals surface area contributed by atoms with E-state index in [-0.39, 0.29) is 18.1 Å². The Hall–Kier alpha value is -1.86. The first kappa shape index (κ1) is 17.5. The minimum Gasteiger partial charge on any atom is -0.496 e. The molecule has 1 aromatic heterocycles. The number of thioether (sulfide) groups is 1. The number of ether oxygens (including phenoxy) is 1. The van der Waals surface area contributed by atoms with Crippen molar-refractivity contribution in [3.05, 3.63) is 39.9 Å². The summed E-state index contributed by atoms with van der Waals surface area (Å²) >= 11 is 3.02. The molecule has 0 aliphatic carbocycles. The number of carbonyl (C=O) groups excluding carboxylic acids is 2. The number of methoxy groups -OCH3 is 1. The van der Waals surface area contributed by atoms with Gasteiger partial charge in [-0.25, -0.2) is 4.98 Å². The number of benzene rings is 1. The molecule has 0 saturated heterocycles. The van der Waals surface area contributed by atoms with Crippen molar-refractivity contribution in [2.24, 2.45) is 5.73 Å². The Morgan fingerprint density at radius 1 is 1.39 bits per heavy atom. The molecule has 2 aromatic rings. The fourth-order valence-electron chi connectivity index (χ4n) is 2.04. The number of rotatable bonds is 7. The van der Waals surface area contributed by atoms with Crippen molar-refractivity contribution in [2.75, 3.05) is 7.11 Å². The van der Waals surface area contributed by atoms with Gasteiger partial charge in [-0.2, -0.15) is 0 Å². The molecular weight excluding hydrogens is 332 g/mol. The molecule has 0 spiro atoms. The molecule has 7 heteroatoms. The van der Waals surface area contributed by atoms with Crippen LogP contribution in [-0.4, -0.2) is 23.8 Å². The van der Waals surface area contributed by atoms with Crippen LogP contribution in [-0.2, 0) is 17.0 Å². The fourth-order valence-corrected chi connectivity index (χ4v) is 4.26. The van der Waals surface area contributed by atoms with E-state index in [1.807, 2.05) is 13.0 Å². The van der Waals surface area contributed by atoms with Crippen LogP contribution in [0.15, 0.2) is 22.5 Å². The summed E-state index contributed by atoms with van der Waals surface area (Å²) in [6.07, 6.45) is 0.215. The number of thiazole rings is 1. The lowest BCUT2D eigenvalue weighted by Gasteiger charge is -2.08. The lowest BCUT2D eigenvalue weighted by molar-refractivity contribution is -0.117. The van der Waals surface area contributed by atoms with Gasteiger partial charge in [0.2, 0.25) is 5.91 Å². The lowest BCUT2D eigenvalue weighted by atomic mass is 10.1. The van der Waals surface area contributed by atoms with Gasteiger partial charge in [0.05, 0.1) is 19.2 Å². The SMILES string of the molecule is COc1ccc(C(C)=O)cc1CSc1nc(C)c(CC(N)=O)s1. The van der Waals surface area contributed by atoms with Crippen molar-refractivity contribution in [3.8, 4) is 5.75 Å². The second kappa shape index (κ2) is 7.61. The molecule has 122 valence electrons. The summed E-state index contributed by atoms with van der Waals surface area (Å²) in [5.41, 5.74) is 7.67. The average Bonchev–Trinajstić information content (AvgIpc) is 2.84. The molecule has 0 saturated carbocycles. The lowest BCUT2D eigenvalue weighted by Crippen LogP contribution is -2.13. The molecular formula is C16H18N2O3S2. The van der Waals surface area contributed by atoms with E-state index in [9.17, 15) is 9.59 Å². The van der Waals surface area contributed by atoms with Crippen LogP contribution in [0.4, 0.5) is 0 Å². The van der Waals surface area contributed by atoms with Crippen molar-refractivity contribution in [3.63, 3.8) is 0 Å². The van der Waals surface area contributed by atoms with E-state index in [0.29, 0.717) is 11.3 Å². The first-order valence-electron chi connectivity index (χ1n) is 6.96. The van der Waals surface area contributed by atoms with Gasteiger partial charge in [-0.3, -0.25) is 9.59 Å². The maximum atomic E-state index is 11.5. The van der Waals surface area contributed by atoms with Crippen molar-refractivity contribution < 1.29 is 14.3 Å². The molecule has 0 aliphatic rings. The number of nitrogens with zero attached hydrogens (tertiary/aromatic N) is 1. The minimum atomic E-state index is -0.357. The number of aryl methyl sites for hydroxylation is 1. The zero-order valence-electron chi connectivity index (χ0n) is 13.2. The summed E-state index contributed by atoms with van der Waals surface area (Å²) in [7, 11) is 1.61. The van der Waals surface area contributed by atoms with Crippen molar-refractivity contribution in [1.82, 2.24) is 4.98 Å². The molecule has 2 rings (SSSR count). The number of ketones is 1. The highest BCUT2D eigenvalue weighted by molar-refractivity contribution is 8.00. The quantitative estimate of drug-likeness (QED) is 0.613. The van der Waals surface area contributed by atoms with Gasteiger partial charge in [0.1, 0.15) is 5.75 Å². The highest BCUT2D eigenvalue weighted by atomic mass is 32.2. The van der Waals surface area contributed by atoms with E-state index >= 15 is 0 Å². The molecule has 0 bridgehead atoms. The number of primary amides is 1. The van der Waals surface area contributed by atoms with E-state index in [4.69, 9.17) is 10.5 Å². The summed E-state index contributed by atoms with van der Waals surface area (Å²) in [6, 6.07) is 5.41. The third kappa shape index (κ3) is 4.56. The highest BCUT2D eigenvalue weighted by Crippen LogP contribution is 2.32. The summed E-state index contributed by atoms with van der Waals surface area (Å²) in [5.74, 6) is 1.04. The molecule has 0 unspecified atom stereocenters. The van der Waals surface area contributed by atoms with Crippen LogP contribution in [0.25, 0.3) is 0 Å². The largest absolute Gasteiger partial charge is 0.496 e. The van der Waals surface area contributed by atoms with Gasteiger partial charge < -0.3 is 10.5 Å². The molecule has 5 nitrogen and oxygen atoms in total. The van der Waals surface area contributed by atoms with E-state index in [1.54, 1.807) is 37.9 Å². The van der Waals surface area contributed by atoms with Crippen LogP contribution < -0.4 is 10.5 Å². The molecule has 23 heavy (non-hydrogen) atoms. The van der Waals surface area contributed by atoms with Gasteiger partial charge in [0.15, 0.2) is 10.1 Å². The maximum Gasteiger partial charge on any atom is 0.222 e. The monoisotopic (exact) mass is 350 g/mol. The maximum absolute atomic E-state index is 11.5. The highest BCUT2D eigenvalue weighted by Gasteiger charge is 2.12. The molecule has 0 atom stereocenters. The van der Waals surface area contributed by atoms with Crippen LogP contribution in [0.2, 0.25) is 0 Å². The normalized spacial score (nSPS) is 10.6. The first-order chi connectivity index (χ1) is 10.9. The standard InChI is InChI=1S/C16H18N2O3S2/c1-9-14(7-15(17)20)23-16(18-9)22-8-12-6-11(10(2)19)4-5-13(12)21-3/h4-6H,7-8H2,1-3H3,(H2,17,20). The number of Topliss-reactive ketones (excluding diaryl/α,β-unsaturated/α-hetero) is 1. The van der Waals surface area contributed by atoms with Crippen LogP contribution in [0.1, 0.15) is 33.4 Å². The predicted octanol–water partition coefficient (Wildman–Crippen LogP) is 2.98. The number of amides is 1. The van der Waals surface area contributed by atoms with E-state index in [2.05, 4.69) is 4.98 Å². The molecule has 1 heterocycles. The van der Waals surface area contributed by atoms with E-state index in [1.165, 1.54) is 11.3 Å². The molecule has 0 aliphatic heterocycles. The average molecular weight is 350 g/mol. The van der Waals surface area contributed by atoms with E-state index < -0.39 is 0 Å². The van der Waals surface area contributed by atoms with Gasteiger partial charge in [-0.15, -0.1) is 11.3 Å². The molecule has 1 aromatic carbocycles. The van der Waals surface area contributed by atoms with Crippen molar-refractivity contribution >= 4 is 34.8 Å². The number of nitrogens with two attached hydrogens (primary N) is 1. The zero-order valence-corrected chi connectivity index (χ0v) is 14.8. The number of aromatic nitrogens is 1. The second-order valence-corrected chi connectivity index (χ2v) is 7.31. The van der Waals surface area contributed by atoms with Gasteiger partial charge in [0.25, 0.3) is 0 Å².